The van der Waals surface area contributed by atoms with E-state index in [2.05, 4.69) is 4.57 Å². The molecule has 0 fully saturated rings. The lowest BCUT2D eigenvalue weighted by Gasteiger charge is -2.14. The first-order chi connectivity index (χ1) is 12.9. The molecule has 3 rings (SSSR count). The van der Waals surface area contributed by atoms with E-state index in [-0.39, 0.29) is 12.4 Å². The number of carbonyl (C=O) groups is 1. The molecule has 1 aromatic heterocycles. The lowest BCUT2D eigenvalue weighted by Crippen LogP contribution is -2.07. The van der Waals surface area contributed by atoms with E-state index in [9.17, 15) is 4.79 Å². The monoisotopic (exact) mass is 368 g/mol. The molecule has 0 spiro atoms. The highest BCUT2D eigenvalue weighted by atomic mass is 16.5. The molecule has 2 aromatic carbocycles. The third-order valence-corrected chi connectivity index (χ3v) is 4.57. The Morgan fingerprint density at radius 3 is 2.56 bits per heavy atom. The topological polar surface area (TPSA) is 75.7 Å². The molecule has 2 N–H and O–H groups in total. The predicted octanol–water partition coefficient (Wildman–Crippen LogP) is 3.98. The van der Waals surface area contributed by atoms with Crippen molar-refractivity contribution in [3.63, 3.8) is 0 Å². The number of nitrogen functional groups attached to an aromatic ring is 1. The molecule has 6 heteroatoms. The molecule has 27 heavy (non-hydrogen) atoms. The Bertz CT molecular complexity index is 992. The number of hydrogen-bond acceptors (Lipinski definition) is 5. The van der Waals surface area contributed by atoms with Crippen LogP contribution in [-0.4, -0.2) is 24.3 Å². The van der Waals surface area contributed by atoms with Crippen molar-refractivity contribution in [2.45, 2.75) is 20.3 Å². The van der Waals surface area contributed by atoms with Crippen LogP contribution in [0.2, 0.25) is 0 Å². The highest BCUT2D eigenvalue weighted by Crippen LogP contribution is 2.38. The van der Waals surface area contributed by atoms with Crippen molar-refractivity contribution in [2.75, 3.05) is 19.5 Å². The van der Waals surface area contributed by atoms with Gasteiger partial charge in [-0.1, -0.05) is 6.07 Å². The lowest BCUT2D eigenvalue weighted by molar-refractivity contribution is -0.142. The maximum Gasteiger partial charge on any atom is 0.310 e. The number of nitrogens with zero attached hydrogens (tertiary/aromatic N) is 1. The maximum absolute atomic E-state index is 11.7. The average Bonchev–Trinajstić information content (AvgIpc) is 2.94. The van der Waals surface area contributed by atoms with Crippen LogP contribution in [-0.2, 0) is 23.0 Å². The molecule has 1 heterocycles. The number of anilines is 1. The van der Waals surface area contributed by atoms with E-state index in [1.165, 1.54) is 0 Å². The number of aromatic nitrogens is 1. The van der Waals surface area contributed by atoms with E-state index in [0.29, 0.717) is 29.5 Å². The largest absolute Gasteiger partial charge is 0.493 e. The average molecular weight is 368 g/mol. The van der Waals surface area contributed by atoms with Gasteiger partial charge in [0.2, 0.25) is 0 Å². The minimum atomic E-state index is -0.276. The third kappa shape index (κ3) is 3.69. The quantitative estimate of drug-likeness (QED) is 0.526. The second-order valence-corrected chi connectivity index (χ2v) is 6.32. The molecule has 0 amide bonds. The zero-order chi connectivity index (χ0) is 19.6. The van der Waals surface area contributed by atoms with Crippen LogP contribution in [0.15, 0.2) is 36.4 Å². The molecule has 0 aliphatic carbocycles. The van der Waals surface area contributed by atoms with Gasteiger partial charge in [0.1, 0.15) is 0 Å². The van der Waals surface area contributed by atoms with Gasteiger partial charge < -0.3 is 24.5 Å². The van der Waals surface area contributed by atoms with Gasteiger partial charge in [-0.2, -0.15) is 0 Å². The van der Waals surface area contributed by atoms with Gasteiger partial charge in [-0.3, -0.25) is 4.79 Å². The number of carbonyl (C=O) groups excluding carboxylic acids is 1. The van der Waals surface area contributed by atoms with Crippen molar-refractivity contribution in [1.29, 1.82) is 0 Å². The summed E-state index contributed by atoms with van der Waals surface area (Å²) in [6, 6.07) is 11.2. The summed E-state index contributed by atoms with van der Waals surface area (Å²) in [5.74, 6) is 1.34. The summed E-state index contributed by atoms with van der Waals surface area (Å²) in [6.45, 7) is 4.17. The fourth-order valence-electron chi connectivity index (χ4n) is 3.04. The number of nitrogens with two attached hydrogens (primary N) is 1. The van der Waals surface area contributed by atoms with Crippen LogP contribution >= 0.6 is 0 Å². The second-order valence-electron chi connectivity index (χ2n) is 6.32. The van der Waals surface area contributed by atoms with Gasteiger partial charge in [0, 0.05) is 18.1 Å². The fourth-order valence-corrected chi connectivity index (χ4v) is 3.04. The first-order valence-corrected chi connectivity index (χ1v) is 8.79. The van der Waals surface area contributed by atoms with Crippen molar-refractivity contribution in [3.05, 3.63) is 47.7 Å². The van der Waals surface area contributed by atoms with Crippen LogP contribution in [0.25, 0.3) is 10.9 Å². The number of fused-ring (bicyclic) bond motifs is 1. The fraction of sp³-hybridized carbons (Fsp3) is 0.286. The summed E-state index contributed by atoms with van der Waals surface area (Å²) < 4.78 is 18.5. The van der Waals surface area contributed by atoms with Gasteiger partial charge in [0.15, 0.2) is 17.2 Å². The molecule has 6 nitrogen and oxygen atoms in total. The number of hydrogen-bond donors (Lipinski definition) is 1. The van der Waals surface area contributed by atoms with Crippen LogP contribution in [0.5, 0.6) is 17.2 Å². The number of rotatable bonds is 6. The SMILES string of the molecule is CCOC(=O)Cc1ccc(Oc2ccc3c(cc(C)n3C)c2N)c(OC)c1. The minimum absolute atomic E-state index is 0.182. The van der Waals surface area contributed by atoms with E-state index < -0.39 is 0 Å². The molecule has 0 saturated carbocycles. The van der Waals surface area contributed by atoms with Gasteiger partial charge in [-0.15, -0.1) is 0 Å². The summed E-state index contributed by atoms with van der Waals surface area (Å²) in [4.78, 5) is 11.7. The first kappa shape index (κ1) is 18.6. The van der Waals surface area contributed by atoms with Gasteiger partial charge >= 0.3 is 5.97 Å². The normalized spacial score (nSPS) is 10.8. The molecule has 0 radical (unpaired) electrons. The minimum Gasteiger partial charge on any atom is -0.493 e. The summed E-state index contributed by atoms with van der Waals surface area (Å²) in [5.41, 5.74) is 9.87. The second kappa shape index (κ2) is 7.61. The Kier molecular flexibility index (Phi) is 5.26. The molecular weight excluding hydrogens is 344 g/mol. The van der Waals surface area contributed by atoms with Crippen LogP contribution in [0.4, 0.5) is 5.69 Å². The number of ether oxygens (including phenoxy) is 3. The number of methoxy groups -OCH3 is 1. The number of benzene rings is 2. The molecule has 0 unspecified atom stereocenters. The molecule has 142 valence electrons. The van der Waals surface area contributed by atoms with Crippen molar-refractivity contribution in [3.8, 4) is 17.2 Å². The van der Waals surface area contributed by atoms with Crippen molar-refractivity contribution in [2.24, 2.45) is 7.05 Å². The highest BCUT2D eigenvalue weighted by molar-refractivity contribution is 5.95. The zero-order valence-corrected chi connectivity index (χ0v) is 16.0. The maximum atomic E-state index is 11.7. The van der Waals surface area contributed by atoms with Crippen LogP contribution in [0.1, 0.15) is 18.2 Å². The van der Waals surface area contributed by atoms with E-state index in [4.69, 9.17) is 19.9 Å². The Morgan fingerprint density at radius 2 is 1.85 bits per heavy atom. The summed E-state index contributed by atoms with van der Waals surface area (Å²) in [7, 11) is 3.56. The van der Waals surface area contributed by atoms with Crippen LogP contribution in [0, 0.1) is 6.92 Å². The Balaban J connectivity index is 1.90. The summed E-state index contributed by atoms with van der Waals surface area (Å²) in [5, 5.41) is 0.949. The lowest BCUT2D eigenvalue weighted by atomic mass is 10.1. The van der Waals surface area contributed by atoms with E-state index in [1.54, 1.807) is 26.2 Å². The first-order valence-electron chi connectivity index (χ1n) is 8.79. The van der Waals surface area contributed by atoms with Gasteiger partial charge in [-0.05, 0) is 49.7 Å². The Hall–Kier alpha value is -3.15. The smallest absolute Gasteiger partial charge is 0.310 e. The van der Waals surface area contributed by atoms with Gasteiger partial charge in [0.25, 0.3) is 0 Å². The zero-order valence-electron chi connectivity index (χ0n) is 16.0. The van der Waals surface area contributed by atoms with Crippen LogP contribution < -0.4 is 15.2 Å². The highest BCUT2D eigenvalue weighted by Gasteiger charge is 2.14. The summed E-state index contributed by atoms with van der Waals surface area (Å²) >= 11 is 0. The molecular formula is C21H24N2O4. The molecule has 0 bridgehead atoms. The molecule has 0 aliphatic heterocycles. The van der Waals surface area contributed by atoms with Crippen LogP contribution in [0.3, 0.4) is 0 Å². The van der Waals surface area contributed by atoms with Crippen molar-refractivity contribution in [1.82, 2.24) is 4.57 Å². The van der Waals surface area contributed by atoms with Crippen molar-refractivity contribution >= 4 is 22.6 Å². The third-order valence-electron chi connectivity index (χ3n) is 4.57. The van der Waals surface area contributed by atoms with Gasteiger partial charge in [-0.25, -0.2) is 0 Å². The Labute approximate surface area is 158 Å². The predicted molar refractivity (Wildman–Crippen MR) is 105 cm³/mol. The van der Waals surface area contributed by atoms with Gasteiger partial charge in [0.05, 0.1) is 31.3 Å². The van der Waals surface area contributed by atoms with E-state index >= 15 is 0 Å². The van der Waals surface area contributed by atoms with E-state index in [1.807, 2.05) is 38.2 Å². The summed E-state index contributed by atoms with van der Waals surface area (Å²) in [6.07, 6.45) is 0.182. The number of esters is 1. The molecule has 0 aliphatic rings. The molecule has 0 atom stereocenters. The van der Waals surface area contributed by atoms with E-state index in [0.717, 1.165) is 22.2 Å². The Morgan fingerprint density at radius 1 is 1.11 bits per heavy atom. The van der Waals surface area contributed by atoms with Crippen molar-refractivity contribution < 1.29 is 19.0 Å². The number of aryl methyl sites for hydroxylation is 2. The standard InChI is InChI=1S/C21H24N2O4/c1-5-26-20(24)12-14-6-8-17(19(11-14)25-4)27-18-9-7-16-15(21(18)22)10-13(2)23(16)3/h6-11H,5,12,22H2,1-4H3. The molecule has 0 saturated heterocycles. The molecule has 3 aromatic rings.